The molecule has 0 atom stereocenters. The first-order valence-electron chi connectivity index (χ1n) is 6.37. The molecule has 0 amide bonds. The van der Waals surface area contributed by atoms with Crippen molar-refractivity contribution in [2.45, 2.75) is 19.0 Å². The molecule has 0 unspecified atom stereocenters. The molecule has 0 N–H and O–H groups in total. The van der Waals surface area contributed by atoms with E-state index in [0.717, 1.165) is 12.1 Å². The molecule has 1 aromatic carbocycles. The van der Waals surface area contributed by atoms with Gasteiger partial charge in [-0.3, -0.25) is 4.18 Å². The predicted molar refractivity (Wildman–Crippen MR) is 77.2 cm³/mol. The van der Waals surface area contributed by atoms with E-state index >= 15 is 0 Å². The van der Waals surface area contributed by atoms with E-state index in [9.17, 15) is 34.8 Å². The Morgan fingerprint density at radius 1 is 1.04 bits per heavy atom. The summed E-state index contributed by atoms with van der Waals surface area (Å²) in [7, 11) is -4.03. The third-order valence-electron chi connectivity index (χ3n) is 2.95. The van der Waals surface area contributed by atoms with Gasteiger partial charge >= 0.3 is 12.4 Å². The number of benzene rings is 1. The molecule has 0 aliphatic heterocycles. The first kappa shape index (κ1) is 19.7. The van der Waals surface area contributed by atoms with Crippen molar-refractivity contribution in [1.29, 1.82) is 0 Å². The lowest BCUT2D eigenvalue weighted by molar-refractivity contribution is -0.137. The molecule has 0 aliphatic carbocycles. The molecule has 0 bridgehead atoms. The average molecular weight is 405 g/mol. The molecular formula is C13H9F6NO3S2. The zero-order valence-corrected chi connectivity index (χ0v) is 13.9. The van der Waals surface area contributed by atoms with Crippen molar-refractivity contribution < 1.29 is 38.9 Å². The molecule has 2 aromatic rings. The van der Waals surface area contributed by atoms with Crippen LogP contribution in [0.15, 0.2) is 24.3 Å². The third kappa shape index (κ3) is 4.92. The van der Waals surface area contributed by atoms with Crippen LogP contribution in [0.5, 0.6) is 0 Å². The number of hydrogen-bond donors (Lipinski definition) is 0. The van der Waals surface area contributed by atoms with Crippen molar-refractivity contribution in [3.8, 4) is 11.3 Å². The van der Waals surface area contributed by atoms with Crippen molar-refractivity contribution in [2.75, 3.05) is 6.26 Å². The Morgan fingerprint density at radius 2 is 1.60 bits per heavy atom. The summed E-state index contributed by atoms with van der Waals surface area (Å²) in [6.07, 6.45) is -8.74. The van der Waals surface area contributed by atoms with Crippen LogP contribution in [0.2, 0.25) is 0 Å². The quantitative estimate of drug-likeness (QED) is 0.562. The molecule has 0 spiro atoms. The monoisotopic (exact) mass is 405 g/mol. The Labute approximate surface area is 142 Å². The van der Waals surface area contributed by atoms with Crippen LogP contribution in [0, 0.1) is 0 Å². The average Bonchev–Trinajstić information content (AvgIpc) is 2.87. The van der Waals surface area contributed by atoms with Crippen LogP contribution in [0.1, 0.15) is 16.0 Å². The molecule has 25 heavy (non-hydrogen) atoms. The smallest absolute Gasteiger partial charge is 0.265 e. The largest absolute Gasteiger partial charge is 0.427 e. The van der Waals surface area contributed by atoms with Gasteiger partial charge in [0.25, 0.3) is 10.1 Å². The van der Waals surface area contributed by atoms with Crippen LogP contribution in [0.3, 0.4) is 0 Å². The van der Waals surface area contributed by atoms with E-state index in [1.54, 1.807) is 0 Å². The van der Waals surface area contributed by atoms with Crippen LogP contribution in [-0.2, 0) is 33.3 Å². The van der Waals surface area contributed by atoms with Gasteiger partial charge in [0.15, 0.2) is 0 Å². The van der Waals surface area contributed by atoms with E-state index < -0.39 is 45.1 Å². The van der Waals surface area contributed by atoms with Crippen LogP contribution in [0.4, 0.5) is 26.3 Å². The minimum absolute atomic E-state index is 0.0214. The fourth-order valence-electron chi connectivity index (χ4n) is 1.88. The van der Waals surface area contributed by atoms with Crippen molar-refractivity contribution in [1.82, 2.24) is 4.37 Å². The summed E-state index contributed by atoms with van der Waals surface area (Å²) < 4.78 is 107. The molecule has 0 fully saturated rings. The van der Waals surface area contributed by atoms with E-state index in [4.69, 9.17) is 0 Å². The molecule has 0 saturated heterocycles. The lowest BCUT2D eigenvalue weighted by Crippen LogP contribution is -2.10. The predicted octanol–water partition coefficient (Wildman–Crippen LogP) is 4.32. The van der Waals surface area contributed by atoms with E-state index in [1.807, 2.05) is 0 Å². The summed E-state index contributed by atoms with van der Waals surface area (Å²) in [5.41, 5.74) is -1.83. The van der Waals surface area contributed by atoms with Crippen LogP contribution >= 0.6 is 11.5 Å². The zero-order valence-electron chi connectivity index (χ0n) is 12.3. The molecule has 138 valence electrons. The van der Waals surface area contributed by atoms with Gasteiger partial charge in [0, 0.05) is 11.1 Å². The van der Waals surface area contributed by atoms with Crippen LogP contribution in [-0.4, -0.2) is 19.0 Å². The number of aromatic nitrogens is 1. The number of nitrogens with zero attached hydrogens (tertiary/aromatic N) is 1. The van der Waals surface area contributed by atoms with E-state index in [-0.39, 0.29) is 22.8 Å². The van der Waals surface area contributed by atoms with E-state index in [1.165, 1.54) is 0 Å². The first-order valence-corrected chi connectivity index (χ1v) is 8.96. The summed E-state index contributed by atoms with van der Waals surface area (Å²) in [6.45, 7) is -0.930. The van der Waals surface area contributed by atoms with Gasteiger partial charge < -0.3 is 0 Å². The SMILES string of the molecule is CS(=O)(=O)OCc1c(-c2ccc(C(F)(F)F)cc2)nsc1C(F)(F)F. The van der Waals surface area contributed by atoms with Gasteiger partial charge in [0.2, 0.25) is 0 Å². The highest BCUT2D eigenvalue weighted by Crippen LogP contribution is 2.40. The molecule has 0 radical (unpaired) electrons. The fraction of sp³-hybridized carbons (Fsp3) is 0.308. The first-order chi connectivity index (χ1) is 11.3. The Kier molecular flexibility index (Phi) is 5.17. The Balaban J connectivity index is 2.48. The number of hydrogen-bond acceptors (Lipinski definition) is 5. The maximum atomic E-state index is 13.0. The maximum Gasteiger partial charge on any atom is 0.427 e. The summed E-state index contributed by atoms with van der Waals surface area (Å²) in [5, 5.41) is 0. The standard InChI is InChI=1S/C13H9F6NO3S2/c1-25(21,22)23-6-9-10(20-24-11(9)13(17,18)19)7-2-4-8(5-3-7)12(14,15)16/h2-5H,6H2,1H3. The Morgan fingerprint density at radius 3 is 2.04 bits per heavy atom. The molecule has 0 saturated carbocycles. The highest BCUT2D eigenvalue weighted by Gasteiger charge is 2.38. The molecule has 4 nitrogen and oxygen atoms in total. The van der Waals surface area contributed by atoms with Gasteiger partial charge in [0.1, 0.15) is 4.88 Å². The van der Waals surface area contributed by atoms with E-state index in [0.29, 0.717) is 18.4 Å². The molecule has 2 rings (SSSR count). The summed E-state index contributed by atoms with van der Waals surface area (Å²) in [4.78, 5) is -1.17. The van der Waals surface area contributed by atoms with Crippen molar-refractivity contribution in [2.24, 2.45) is 0 Å². The van der Waals surface area contributed by atoms with Crippen molar-refractivity contribution in [3.05, 3.63) is 40.3 Å². The second kappa shape index (κ2) is 6.57. The molecule has 12 heteroatoms. The van der Waals surface area contributed by atoms with Gasteiger partial charge in [-0.25, -0.2) is 0 Å². The van der Waals surface area contributed by atoms with Crippen molar-refractivity contribution in [3.63, 3.8) is 0 Å². The molecule has 0 aliphatic rings. The minimum atomic E-state index is -4.81. The normalized spacial score (nSPS) is 13.2. The van der Waals surface area contributed by atoms with Gasteiger partial charge in [-0.15, -0.1) is 0 Å². The Bertz CT molecular complexity index is 853. The lowest BCUT2D eigenvalue weighted by atomic mass is 10.0. The number of halogens is 6. The third-order valence-corrected chi connectivity index (χ3v) is 4.43. The van der Waals surface area contributed by atoms with Crippen LogP contribution in [0.25, 0.3) is 11.3 Å². The zero-order chi connectivity index (χ0) is 19.0. The summed E-state index contributed by atoms with van der Waals surface area (Å²) in [6, 6.07) is 3.32. The second-order valence-corrected chi connectivity index (χ2v) is 7.30. The van der Waals surface area contributed by atoms with Gasteiger partial charge in [-0.05, 0) is 23.7 Å². The molecule has 1 aromatic heterocycles. The second-order valence-electron chi connectivity index (χ2n) is 4.88. The van der Waals surface area contributed by atoms with Gasteiger partial charge in [0.05, 0.1) is 24.1 Å². The summed E-state index contributed by atoms with van der Waals surface area (Å²) >= 11 is 0.0662. The van der Waals surface area contributed by atoms with Crippen molar-refractivity contribution >= 4 is 21.7 Å². The van der Waals surface area contributed by atoms with E-state index in [2.05, 4.69) is 8.56 Å². The number of alkyl halides is 6. The maximum absolute atomic E-state index is 13.0. The topological polar surface area (TPSA) is 56.3 Å². The highest BCUT2D eigenvalue weighted by atomic mass is 32.2. The Hall–Kier alpha value is -1.66. The van der Waals surface area contributed by atoms with Crippen LogP contribution < -0.4 is 0 Å². The van der Waals surface area contributed by atoms with Gasteiger partial charge in [-0.2, -0.15) is 39.1 Å². The van der Waals surface area contributed by atoms with Gasteiger partial charge in [-0.1, -0.05) is 12.1 Å². The minimum Gasteiger partial charge on any atom is -0.265 e. The summed E-state index contributed by atoms with van der Waals surface area (Å²) in [5.74, 6) is 0. The number of rotatable bonds is 4. The molecule has 1 heterocycles. The fourth-order valence-corrected chi connectivity index (χ4v) is 2.98. The molecular weight excluding hydrogens is 396 g/mol. The highest BCUT2D eigenvalue weighted by molar-refractivity contribution is 7.85. The lowest BCUT2D eigenvalue weighted by Gasteiger charge is -2.10.